The number of rotatable bonds is 3. The van der Waals surface area contributed by atoms with Gasteiger partial charge >= 0.3 is 0 Å². The second-order valence-electron chi connectivity index (χ2n) is 2.93. The zero-order chi connectivity index (χ0) is 7.33. The van der Waals surface area contributed by atoms with Gasteiger partial charge in [-0.25, -0.2) is 0 Å². The summed E-state index contributed by atoms with van der Waals surface area (Å²) in [5.41, 5.74) is 7.21. The summed E-state index contributed by atoms with van der Waals surface area (Å²) in [6, 6.07) is 0. The first-order valence-electron chi connectivity index (χ1n) is 3.08. The Labute approximate surface area is 61.9 Å². The highest BCUT2D eigenvalue weighted by Gasteiger charge is 2.11. The molecule has 0 saturated heterocycles. The third-order valence-corrected chi connectivity index (χ3v) is 1.49. The van der Waals surface area contributed by atoms with Crippen molar-refractivity contribution in [2.75, 3.05) is 6.54 Å². The van der Waals surface area contributed by atoms with Crippen LogP contribution in [0.4, 0.5) is 0 Å². The number of nitrogens with two attached hydrogens (primary N) is 1. The van der Waals surface area contributed by atoms with Gasteiger partial charge < -0.3 is 5.73 Å². The van der Waals surface area contributed by atoms with E-state index >= 15 is 0 Å². The monoisotopic (exact) mass is 147 g/mol. The Hall–Kier alpha value is -0.0100. The molecular weight excluding hydrogens is 134 g/mol. The highest BCUT2D eigenvalue weighted by molar-refractivity contribution is 6.25. The second kappa shape index (κ2) is 3.91. The highest BCUT2D eigenvalue weighted by Crippen LogP contribution is 2.18. The van der Waals surface area contributed by atoms with Gasteiger partial charge in [0.25, 0.3) is 0 Å². The summed E-state index contributed by atoms with van der Waals surface area (Å²) in [4.78, 5) is 0. The molecule has 0 aromatic rings. The Morgan fingerprint density at radius 3 is 2.44 bits per heavy atom. The first-order valence-corrected chi connectivity index (χ1v) is 3.51. The van der Waals surface area contributed by atoms with Crippen molar-refractivity contribution in [3.63, 3.8) is 0 Å². The van der Waals surface area contributed by atoms with E-state index in [0.29, 0.717) is 6.54 Å². The molecule has 0 aromatic heterocycles. The third kappa shape index (κ3) is 4.49. The fourth-order valence-corrected chi connectivity index (χ4v) is 0.536. The molecule has 9 heavy (non-hydrogen) atoms. The first kappa shape index (κ1) is 8.99. The molecule has 1 nitrogen and oxygen atoms in total. The number of hydrogen-bond donors (Lipinski definition) is 1. The standard InChI is InChI=1S/C7H14ClN/c1-7(2,6-9)4-3-5-8/h3,5H,4,6,9H2,1-2H3/b5-3+. The van der Waals surface area contributed by atoms with Crippen LogP contribution in [0.3, 0.4) is 0 Å². The molecule has 0 radical (unpaired) electrons. The summed E-state index contributed by atoms with van der Waals surface area (Å²) in [5, 5.41) is 0. The van der Waals surface area contributed by atoms with E-state index in [-0.39, 0.29) is 5.41 Å². The van der Waals surface area contributed by atoms with Gasteiger partial charge in [-0.2, -0.15) is 0 Å². The lowest BCUT2D eigenvalue weighted by Gasteiger charge is -2.19. The topological polar surface area (TPSA) is 26.0 Å². The predicted octanol–water partition coefficient (Wildman–Crippen LogP) is 2.11. The van der Waals surface area contributed by atoms with Crippen molar-refractivity contribution in [1.82, 2.24) is 0 Å². The summed E-state index contributed by atoms with van der Waals surface area (Å²) in [7, 11) is 0. The van der Waals surface area contributed by atoms with Gasteiger partial charge in [0.2, 0.25) is 0 Å². The molecule has 0 aromatic carbocycles. The van der Waals surface area contributed by atoms with Gasteiger partial charge in [0.1, 0.15) is 0 Å². The summed E-state index contributed by atoms with van der Waals surface area (Å²) < 4.78 is 0. The van der Waals surface area contributed by atoms with E-state index in [2.05, 4.69) is 13.8 Å². The third-order valence-electron chi connectivity index (χ3n) is 1.31. The summed E-state index contributed by atoms with van der Waals surface area (Å²) >= 11 is 5.34. The van der Waals surface area contributed by atoms with Gasteiger partial charge in [-0.1, -0.05) is 31.5 Å². The molecule has 0 unspecified atom stereocenters. The van der Waals surface area contributed by atoms with Crippen LogP contribution < -0.4 is 5.73 Å². The molecule has 2 N–H and O–H groups in total. The maximum atomic E-state index is 5.47. The van der Waals surface area contributed by atoms with Crippen LogP contribution in [0.1, 0.15) is 20.3 Å². The molecule has 0 spiro atoms. The van der Waals surface area contributed by atoms with Crippen molar-refractivity contribution in [3.05, 3.63) is 11.6 Å². The largest absolute Gasteiger partial charge is 0.330 e. The van der Waals surface area contributed by atoms with Crippen LogP contribution in [-0.4, -0.2) is 6.54 Å². The van der Waals surface area contributed by atoms with Crippen molar-refractivity contribution in [2.24, 2.45) is 11.1 Å². The second-order valence-corrected chi connectivity index (χ2v) is 3.19. The van der Waals surface area contributed by atoms with Crippen LogP contribution in [0, 0.1) is 5.41 Å². The Kier molecular flexibility index (Phi) is 3.91. The van der Waals surface area contributed by atoms with Crippen LogP contribution in [-0.2, 0) is 0 Å². The van der Waals surface area contributed by atoms with Crippen molar-refractivity contribution in [1.29, 1.82) is 0 Å². The normalized spacial score (nSPS) is 12.9. The van der Waals surface area contributed by atoms with Crippen LogP contribution in [0.2, 0.25) is 0 Å². The molecule has 0 fully saturated rings. The molecule has 0 amide bonds. The zero-order valence-corrected chi connectivity index (χ0v) is 6.78. The predicted molar refractivity (Wildman–Crippen MR) is 42.4 cm³/mol. The molecule has 0 aliphatic carbocycles. The van der Waals surface area contributed by atoms with Crippen molar-refractivity contribution >= 4 is 11.6 Å². The summed E-state index contributed by atoms with van der Waals surface area (Å²) in [6.45, 7) is 4.93. The molecule has 0 aliphatic heterocycles. The number of halogens is 1. The van der Waals surface area contributed by atoms with E-state index < -0.39 is 0 Å². The fraction of sp³-hybridized carbons (Fsp3) is 0.714. The number of hydrogen-bond acceptors (Lipinski definition) is 1. The maximum absolute atomic E-state index is 5.47. The van der Waals surface area contributed by atoms with Crippen LogP contribution in [0.5, 0.6) is 0 Å². The van der Waals surface area contributed by atoms with Crippen molar-refractivity contribution in [2.45, 2.75) is 20.3 Å². The minimum absolute atomic E-state index is 0.200. The molecule has 0 atom stereocenters. The average Bonchev–Trinajstić information content (AvgIpc) is 1.84. The van der Waals surface area contributed by atoms with Gasteiger partial charge in [0.05, 0.1) is 0 Å². The lowest BCUT2D eigenvalue weighted by Crippen LogP contribution is -2.22. The Morgan fingerprint density at radius 1 is 1.56 bits per heavy atom. The molecule has 54 valence electrons. The van der Waals surface area contributed by atoms with Gasteiger partial charge in [-0.05, 0) is 18.4 Å². The molecule has 0 bridgehead atoms. The lowest BCUT2D eigenvalue weighted by atomic mass is 9.90. The van der Waals surface area contributed by atoms with Gasteiger partial charge in [-0.15, -0.1) is 0 Å². The Bertz CT molecular complexity index is 97.1. The zero-order valence-electron chi connectivity index (χ0n) is 6.02. The maximum Gasteiger partial charge on any atom is 0.000267 e. The molecule has 0 rings (SSSR count). The van der Waals surface area contributed by atoms with E-state index in [0.717, 1.165) is 6.42 Å². The van der Waals surface area contributed by atoms with E-state index in [9.17, 15) is 0 Å². The van der Waals surface area contributed by atoms with E-state index in [1.165, 1.54) is 5.54 Å². The fourth-order valence-electron chi connectivity index (χ4n) is 0.447. The minimum atomic E-state index is 0.200. The van der Waals surface area contributed by atoms with Crippen LogP contribution in [0.15, 0.2) is 11.6 Å². The molecular formula is C7H14ClN. The molecule has 0 aliphatic rings. The van der Waals surface area contributed by atoms with Gasteiger partial charge in [-0.3, -0.25) is 0 Å². The molecule has 0 saturated carbocycles. The smallest absolute Gasteiger partial charge is 0.000267 e. The van der Waals surface area contributed by atoms with Crippen LogP contribution in [0.25, 0.3) is 0 Å². The lowest BCUT2D eigenvalue weighted by molar-refractivity contribution is 0.385. The number of allylic oxidation sites excluding steroid dienone is 1. The Balaban J connectivity index is 3.58. The molecule has 2 heteroatoms. The van der Waals surface area contributed by atoms with Crippen molar-refractivity contribution < 1.29 is 0 Å². The van der Waals surface area contributed by atoms with E-state index in [1.807, 2.05) is 6.08 Å². The van der Waals surface area contributed by atoms with Gasteiger partial charge in [0, 0.05) is 5.54 Å². The average molecular weight is 148 g/mol. The van der Waals surface area contributed by atoms with Gasteiger partial charge in [0.15, 0.2) is 0 Å². The Morgan fingerprint density at radius 2 is 2.11 bits per heavy atom. The van der Waals surface area contributed by atoms with Crippen LogP contribution >= 0.6 is 11.6 Å². The quantitative estimate of drug-likeness (QED) is 0.650. The summed E-state index contributed by atoms with van der Waals surface area (Å²) in [6.07, 6.45) is 2.88. The minimum Gasteiger partial charge on any atom is -0.330 e. The SMILES string of the molecule is CC(C)(CN)C/C=C/Cl. The van der Waals surface area contributed by atoms with E-state index in [4.69, 9.17) is 17.3 Å². The first-order chi connectivity index (χ1) is 4.12. The molecule has 0 heterocycles. The highest BCUT2D eigenvalue weighted by atomic mass is 35.5. The van der Waals surface area contributed by atoms with E-state index in [1.54, 1.807) is 0 Å². The van der Waals surface area contributed by atoms with Crippen molar-refractivity contribution in [3.8, 4) is 0 Å². The summed E-state index contributed by atoms with van der Waals surface area (Å²) in [5.74, 6) is 0.